The summed E-state index contributed by atoms with van der Waals surface area (Å²) >= 11 is 6.98. The Labute approximate surface area is 155 Å². The molecular formula is C17H20ClN3O3S. The molecule has 2 rings (SSSR count). The van der Waals surface area contributed by atoms with Crippen LogP contribution in [0.15, 0.2) is 36.4 Å². The van der Waals surface area contributed by atoms with Crippen molar-refractivity contribution < 1.29 is 14.7 Å². The van der Waals surface area contributed by atoms with E-state index in [2.05, 4.69) is 10.6 Å². The molecule has 0 saturated carbocycles. The Hall–Kier alpha value is -2.09. The van der Waals surface area contributed by atoms with Crippen LogP contribution in [0.2, 0.25) is 4.34 Å². The molecule has 0 aliphatic carbocycles. The van der Waals surface area contributed by atoms with E-state index in [0.29, 0.717) is 9.21 Å². The van der Waals surface area contributed by atoms with Crippen LogP contribution < -0.4 is 15.5 Å². The second kappa shape index (κ2) is 8.84. The number of amides is 2. The summed E-state index contributed by atoms with van der Waals surface area (Å²) in [4.78, 5) is 25.2. The van der Waals surface area contributed by atoms with Crippen LogP contribution in [0.3, 0.4) is 0 Å². The van der Waals surface area contributed by atoms with E-state index >= 15 is 0 Å². The van der Waals surface area contributed by atoms with Gasteiger partial charge in [0.1, 0.15) is 0 Å². The van der Waals surface area contributed by atoms with E-state index in [4.69, 9.17) is 11.6 Å². The Balaban J connectivity index is 1.77. The fraction of sp³-hybridized carbons (Fsp3) is 0.294. The Morgan fingerprint density at radius 2 is 1.88 bits per heavy atom. The minimum atomic E-state index is -0.737. The maximum Gasteiger partial charge on any atom is 0.261 e. The summed E-state index contributed by atoms with van der Waals surface area (Å²) in [7, 11) is 1.71. The molecule has 0 saturated heterocycles. The molecule has 1 aromatic carbocycles. The standard InChI is InChI=1S/C17H20ClN3O3S/c1-11(22)21(2)13-5-3-12(4-6-13)19-9-14(23)10-20-17(24)15-7-8-16(18)25-15/h3-8,14,19,23H,9-10H2,1-2H3,(H,20,24). The third-order valence-corrected chi connectivity index (χ3v) is 4.79. The van der Waals surface area contributed by atoms with Gasteiger partial charge in [0.15, 0.2) is 0 Å². The number of aliphatic hydroxyl groups excluding tert-OH is 1. The van der Waals surface area contributed by atoms with E-state index in [1.54, 1.807) is 24.1 Å². The largest absolute Gasteiger partial charge is 0.389 e. The molecule has 1 atom stereocenters. The Kier molecular flexibility index (Phi) is 6.81. The highest BCUT2D eigenvalue weighted by atomic mass is 35.5. The second-order valence-corrected chi connectivity index (χ2v) is 7.19. The zero-order valence-electron chi connectivity index (χ0n) is 14.0. The number of carbonyl (C=O) groups is 2. The van der Waals surface area contributed by atoms with Crippen LogP contribution in [0, 0.1) is 0 Å². The average Bonchev–Trinajstić information content (AvgIpc) is 3.04. The molecule has 2 amide bonds. The predicted octanol–water partition coefficient (Wildman–Crippen LogP) is 2.59. The van der Waals surface area contributed by atoms with Gasteiger partial charge in [0.25, 0.3) is 5.91 Å². The summed E-state index contributed by atoms with van der Waals surface area (Å²) in [5, 5.41) is 15.7. The van der Waals surface area contributed by atoms with Gasteiger partial charge in [-0.1, -0.05) is 11.6 Å². The third-order valence-electron chi connectivity index (χ3n) is 3.56. The predicted molar refractivity (Wildman–Crippen MR) is 102 cm³/mol. The molecule has 0 radical (unpaired) electrons. The highest BCUT2D eigenvalue weighted by Crippen LogP contribution is 2.21. The minimum Gasteiger partial charge on any atom is -0.389 e. The molecule has 0 bridgehead atoms. The number of benzene rings is 1. The summed E-state index contributed by atoms with van der Waals surface area (Å²) in [6.07, 6.45) is -0.737. The molecule has 3 N–H and O–H groups in total. The van der Waals surface area contributed by atoms with Crippen LogP contribution in [-0.2, 0) is 4.79 Å². The van der Waals surface area contributed by atoms with Crippen molar-refractivity contribution in [3.8, 4) is 0 Å². The van der Waals surface area contributed by atoms with E-state index in [1.807, 2.05) is 24.3 Å². The van der Waals surface area contributed by atoms with Crippen LogP contribution in [0.4, 0.5) is 11.4 Å². The van der Waals surface area contributed by atoms with Gasteiger partial charge in [-0.15, -0.1) is 11.3 Å². The number of anilines is 2. The molecular weight excluding hydrogens is 362 g/mol. The number of aliphatic hydroxyl groups is 1. The molecule has 6 nitrogen and oxygen atoms in total. The van der Waals surface area contributed by atoms with Crippen LogP contribution in [0.5, 0.6) is 0 Å². The van der Waals surface area contributed by atoms with Crippen molar-refractivity contribution in [1.29, 1.82) is 0 Å². The lowest BCUT2D eigenvalue weighted by atomic mass is 10.2. The number of hydrogen-bond donors (Lipinski definition) is 3. The molecule has 8 heteroatoms. The number of halogens is 1. The molecule has 0 spiro atoms. The number of hydrogen-bond acceptors (Lipinski definition) is 5. The lowest BCUT2D eigenvalue weighted by molar-refractivity contribution is -0.116. The molecule has 0 aliphatic heterocycles. The summed E-state index contributed by atoms with van der Waals surface area (Å²) in [5.74, 6) is -0.300. The number of nitrogens with one attached hydrogen (secondary N) is 2. The number of rotatable bonds is 7. The Morgan fingerprint density at radius 3 is 2.44 bits per heavy atom. The van der Waals surface area contributed by atoms with Crippen LogP contribution in [0.25, 0.3) is 0 Å². The molecule has 2 aromatic rings. The molecule has 25 heavy (non-hydrogen) atoms. The average molecular weight is 382 g/mol. The quantitative estimate of drug-likeness (QED) is 0.688. The normalized spacial score (nSPS) is 11.7. The summed E-state index contributed by atoms with van der Waals surface area (Å²) in [6.45, 7) is 1.92. The molecule has 134 valence electrons. The summed E-state index contributed by atoms with van der Waals surface area (Å²) in [5.41, 5.74) is 1.61. The highest BCUT2D eigenvalue weighted by molar-refractivity contribution is 7.17. The first-order valence-electron chi connectivity index (χ1n) is 7.66. The smallest absolute Gasteiger partial charge is 0.261 e. The van der Waals surface area contributed by atoms with Gasteiger partial charge < -0.3 is 20.6 Å². The Bertz CT molecular complexity index is 733. The summed E-state index contributed by atoms with van der Waals surface area (Å²) < 4.78 is 0.547. The van der Waals surface area contributed by atoms with E-state index in [-0.39, 0.29) is 24.9 Å². The van der Waals surface area contributed by atoms with E-state index in [0.717, 1.165) is 11.4 Å². The van der Waals surface area contributed by atoms with Gasteiger partial charge in [0, 0.05) is 38.4 Å². The first kappa shape index (κ1) is 19.2. The first-order chi connectivity index (χ1) is 11.9. The van der Waals surface area contributed by atoms with Crippen molar-refractivity contribution >= 4 is 46.1 Å². The van der Waals surface area contributed by atoms with Crippen LogP contribution in [0.1, 0.15) is 16.6 Å². The second-order valence-electron chi connectivity index (χ2n) is 5.47. The molecule has 1 unspecified atom stereocenters. The van der Waals surface area contributed by atoms with Gasteiger partial charge >= 0.3 is 0 Å². The molecule has 0 fully saturated rings. The topological polar surface area (TPSA) is 81.7 Å². The van der Waals surface area contributed by atoms with Crippen molar-refractivity contribution in [2.24, 2.45) is 0 Å². The van der Waals surface area contributed by atoms with E-state index < -0.39 is 6.10 Å². The van der Waals surface area contributed by atoms with Gasteiger partial charge in [-0.25, -0.2) is 0 Å². The lowest BCUT2D eigenvalue weighted by Crippen LogP contribution is -2.35. The van der Waals surface area contributed by atoms with Crippen molar-refractivity contribution in [3.63, 3.8) is 0 Å². The van der Waals surface area contributed by atoms with Gasteiger partial charge in [-0.3, -0.25) is 9.59 Å². The van der Waals surface area contributed by atoms with Gasteiger partial charge in [0.05, 0.1) is 15.3 Å². The van der Waals surface area contributed by atoms with Gasteiger partial charge in [-0.05, 0) is 36.4 Å². The van der Waals surface area contributed by atoms with Crippen LogP contribution in [-0.4, -0.2) is 43.2 Å². The van der Waals surface area contributed by atoms with Crippen molar-refractivity contribution in [2.75, 3.05) is 30.4 Å². The lowest BCUT2D eigenvalue weighted by Gasteiger charge is -2.16. The fourth-order valence-corrected chi connectivity index (χ4v) is 2.99. The fourth-order valence-electron chi connectivity index (χ4n) is 2.03. The first-order valence-corrected chi connectivity index (χ1v) is 8.86. The zero-order valence-corrected chi connectivity index (χ0v) is 15.5. The summed E-state index contributed by atoms with van der Waals surface area (Å²) in [6, 6.07) is 10.6. The van der Waals surface area contributed by atoms with Gasteiger partial charge in [0.2, 0.25) is 5.91 Å². The zero-order chi connectivity index (χ0) is 18.4. The van der Waals surface area contributed by atoms with Crippen molar-refractivity contribution in [3.05, 3.63) is 45.6 Å². The molecule has 0 aliphatic rings. The van der Waals surface area contributed by atoms with E-state index in [9.17, 15) is 14.7 Å². The number of nitrogens with zero attached hydrogens (tertiary/aromatic N) is 1. The van der Waals surface area contributed by atoms with Crippen molar-refractivity contribution in [1.82, 2.24) is 5.32 Å². The maximum atomic E-state index is 11.9. The SMILES string of the molecule is CC(=O)N(C)c1ccc(NCC(O)CNC(=O)c2ccc(Cl)s2)cc1. The van der Waals surface area contributed by atoms with E-state index in [1.165, 1.54) is 18.3 Å². The molecule has 1 aromatic heterocycles. The maximum absolute atomic E-state index is 11.9. The van der Waals surface area contributed by atoms with Crippen LogP contribution >= 0.6 is 22.9 Å². The number of thiophene rings is 1. The Morgan fingerprint density at radius 1 is 1.20 bits per heavy atom. The number of carbonyl (C=O) groups excluding carboxylic acids is 2. The third kappa shape index (κ3) is 5.74. The van der Waals surface area contributed by atoms with Gasteiger partial charge in [-0.2, -0.15) is 0 Å². The molecule has 1 heterocycles. The van der Waals surface area contributed by atoms with Crippen molar-refractivity contribution in [2.45, 2.75) is 13.0 Å². The monoisotopic (exact) mass is 381 g/mol. The highest BCUT2D eigenvalue weighted by Gasteiger charge is 2.11. The minimum absolute atomic E-state index is 0.0427.